The Morgan fingerprint density at radius 2 is 1.23 bits per heavy atom. The molecule has 22 heavy (non-hydrogen) atoms. The minimum atomic E-state index is -2.17. The third kappa shape index (κ3) is 3.17. The normalized spacial score (nSPS) is 11.4. The Kier molecular flexibility index (Phi) is 4.92. The quantitative estimate of drug-likeness (QED) is 0.392. The summed E-state index contributed by atoms with van der Waals surface area (Å²) in [5.41, 5.74) is 5.98. The van der Waals surface area contributed by atoms with E-state index in [0.717, 1.165) is 11.6 Å². The zero-order valence-corrected chi connectivity index (χ0v) is 11.3. The predicted molar refractivity (Wildman–Crippen MR) is 74.4 cm³/mol. The summed E-state index contributed by atoms with van der Waals surface area (Å²) in [6.45, 7) is 0.486. The highest BCUT2D eigenvalue weighted by atomic mass is 19.2. The molecular weight excluding hydrogens is 301 g/mol. The molecule has 0 bridgehead atoms. The van der Waals surface area contributed by atoms with E-state index in [-0.39, 0.29) is 0 Å². The fourth-order valence-electron chi connectivity index (χ4n) is 1.91. The van der Waals surface area contributed by atoms with Crippen LogP contribution in [0.25, 0.3) is 12.2 Å². The van der Waals surface area contributed by atoms with Gasteiger partial charge < -0.3 is 5.73 Å². The van der Waals surface area contributed by atoms with Crippen molar-refractivity contribution in [1.29, 1.82) is 0 Å². The maximum absolute atomic E-state index is 13.5. The van der Waals surface area contributed by atoms with E-state index < -0.39 is 34.6 Å². The first-order valence-corrected chi connectivity index (χ1v) is 6.44. The minimum absolute atomic E-state index is 0.486. The molecule has 6 heteroatoms. The molecule has 0 unspecified atom stereocenters. The van der Waals surface area contributed by atoms with E-state index >= 15 is 0 Å². The van der Waals surface area contributed by atoms with Gasteiger partial charge in [0.2, 0.25) is 5.82 Å². The monoisotopic (exact) mass is 313 g/mol. The van der Waals surface area contributed by atoms with E-state index in [2.05, 4.69) is 0 Å². The molecule has 0 spiro atoms. The van der Waals surface area contributed by atoms with Gasteiger partial charge in [0.05, 0.1) is 5.56 Å². The van der Waals surface area contributed by atoms with Gasteiger partial charge in [-0.15, -0.1) is 0 Å². The number of rotatable bonds is 4. The zero-order valence-electron chi connectivity index (χ0n) is 11.3. The second-order valence-corrected chi connectivity index (χ2v) is 4.60. The molecule has 2 N–H and O–H groups in total. The molecule has 0 aliphatic rings. The van der Waals surface area contributed by atoms with Crippen LogP contribution in [0.4, 0.5) is 22.0 Å². The summed E-state index contributed by atoms with van der Waals surface area (Å²) in [6.07, 6.45) is 2.81. The van der Waals surface area contributed by atoms with E-state index in [0.29, 0.717) is 18.5 Å². The van der Waals surface area contributed by atoms with Gasteiger partial charge in [-0.25, -0.2) is 22.0 Å². The number of hydrogen-bond donors (Lipinski definition) is 1. The highest BCUT2D eigenvalue weighted by molar-refractivity contribution is 5.70. The SMILES string of the molecule is NCCc1ccc(/C=C/c2c(F)c(F)c(F)c(F)c2F)cc1. The van der Waals surface area contributed by atoms with Gasteiger partial charge in [-0.3, -0.25) is 0 Å². The van der Waals surface area contributed by atoms with Gasteiger partial charge in [0, 0.05) is 0 Å². The van der Waals surface area contributed by atoms with E-state index in [1.165, 1.54) is 6.08 Å². The zero-order chi connectivity index (χ0) is 16.3. The van der Waals surface area contributed by atoms with Gasteiger partial charge in [0.25, 0.3) is 0 Å². The molecule has 0 amide bonds. The average Bonchev–Trinajstić information content (AvgIpc) is 2.53. The predicted octanol–water partition coefficient (Wildman–Crippen LogP) is 4.05. The van der Waals surface area contributed by atoms with Crippen LogP contribution in [0.2, 0.25) is 0 Å². The molecule has 0 fully saturated rings. The van der Waals surface area contributed by atoms with Crippen molar-refractivity contribution in [3.63, 3.8) is 0 Å². The molecule has 0 heterocycles. The van der Waals surface area contributed by atoms with Crippen LogP contribution in [-0.2, 0) is 6.42 Å². The number of halogens is 5. The lowest BCUT2D eigenvalue weighted by Gasteiger charge is -2.04. The lowest BCUT2D eigenvalue weighted by atomic mass is 10.1. The highest BCUT2D eigenvalue weighted by Gasteiger charge is 2.24. The summed E-state index contributed by atoms with van der Waals surface area (Å²) in [4.78, 5) is 0. The molecular formula is C16H12F5N. The summed E-state index contributed by atoms with van der Waals surface area (Å²) >= 11 is 0. The molecule has 2 rings (SSSR count). The fourth-order valence-corrected chi connectivity index (χ4v) is 1.91. The molecule has 0 aliphatic carbocycles. The number of nitrogens with two attached hydrogens (primary N) is 1. The first-order valence-electron chi connectivity index (χ1n) is 6.44. The minimum Gasteiger partial charge on any atom is -0.330 e. The van der Waals surface area contributed by atoms with Crippen LogP contribution in [0.5, 0.6) is 0 Å². The van der Waals surface area contributed by atoms with Crippen LogP contribution in [0.3, 0.4) is 0 Å². The van der Waals surface area contributed by atoms with Crippen molar-refractivity contribution in [3.8, 4) is 0 Å². The maximum atomic E-state index is 13.5. The topological polar surface area (TPSA) is 26.0 Å². The smallest absolute Gasteiger partial charge is 0.200 e. The lowest BCUT2D eigenvalue weighted by molar-refractivity contribution is 0.377. The molecule has 0 atom stereocenters. The Hall–Kier alpha value is -2.21. The van der Waals surface area contributed by atoms with Gasteiger partial charge in [-0.1, -0.05) is 30.3 Å². The first kappa shape index (κ1) is 16.2. The third-order valence-electron chi connectivity index (χ3n) is 3.10. The van der Waals surface area contributed by atoms with Gasteiger partial charge in [0.1, 0.15) is 0 Å². The van der Waals surface area contributed by atoms with Crippen molar-refractivity contribution in [2.45, 2.75) is 6.42 Å². The van der Waals surface area contributed by atoms with Gasteiger partial charge in [-0.05, 0) is 30.2 Å². The van der Waals surface area contributed by atoms with E-state index in [4.69, 9.17) is 5.73 Å². The second kappa shape index (κ2) is 6.70. The van der Waals surface area contributed by atoms with Crippen molar-refractivity contribution in [2.75, 3.05) is 6.54 Å². The Morgan fingerprint density at radius 1 is 0.727 bits per heavy atom. The average molecular weight is 313 g/mol. The molecule has 0 radical (unpaired) electrons. The van der Waals surface area contributed by atoms with Crippen LogP contribution in [0.1, 0.15) is 16.7 Å². The van der Waals surface area contributed by atoms with Crippen LogP contribution in [-0.4, -0.2) is 6.54 Å². The van der Waals surface area contributed by atoms with Crippen molar-refractivity contribution in [1.82, 2.24) is 0 Å². The van der Waals surface area contributed by atoms with Crippen molar-refractivity contribution < 1.29 is 22.0 Å². The van der Waals surface area contributed by atoms with Crippen LogP contribution >= 0.6 is 0 Å². The Balaban J connectivity index is 2.34. The Morgan fingerprint density at radius 3 is 1.73 bits per heavy atom. The standard InChI is InChI=1S/C16H12F5N/c17-12-11(13(18)15(20)16(21)14(12)19)6-5-9-1-3-10(4-2-9)7-8-22/h1-6H,7-8,22H2/b6-5+. The van der Waals surface area contributed by atoms with Crippen LogP contribution < -0.4 is 5.73 Å². The molecule has 2 aromatic carbocycles. The summed E-state index contributed by atoms with van der Waals surface area (Å²) < 4.78 is 66.0. The maximum Gasteiger partial charge on any atom is 0.200 e. The molecule has 0 aliphatic heterocycles. The number of hydrogen-bond acceptors (Lipinski definition) is 1. The Labute approximate surface area is 123 Å². The molecule has 1 nitrogen and oxygen atoms in total. The van der Waals surface area contributed by atoms with Crippen molar-refractivity contribution in [3.05, 3.63) is 70.0 Å². The summed E-state index contributed by atoms with van der Waals surface area (Å²) in [7, 11) is 0. The van der Waals surface area contributed by atoms with Crippen molar-refractivity contribution >= 4 is 12.2 Å². The highest BCUT2D eigenvalue weighted by Crippen LogP contribution is 2.24. The number of benzene rings is 2. The van der Waals surface area contributed by atoms with Gasteiger partial charge >= 0.3 is 0 Å². The largest absolute Gasteiger partial charge is 0.330 e. The molecule has 2 aromatic rings. The Bertz CT molecular complexity index is 678. The van der Waals surface area contributed by atoms with Crippen LogP contribution in [0.15, 0.2) is 24.3 Å². The van der Waals surface area contributed by atoms with Crippen molar-refractivity contribution in [2.24, 2.45) is 5.73 Å². The van der Waals surface area contributed by atoms with Gasteiger partial charge in [0.15, 0.2) is 23.3 Å². The van der Waals surface area contributed by atoms with E-state index in [1.807, 2.05) is 0 Å². The molecule has 116 valence electrons. The summed E-state index contributed by atoms with van der Waals surface area (Å²) in [6, 6.07) is 6.86. The molecule has 0 aromatic heterocycles. The molecule has 0 saturated heterocycles. The first-order chi connectivity index (χ1) is 10.5. The fraction of sp³-hybridized carbons (Fsp3) is 0.125. The third-order valence-corrected chi connectivity index (χ3v) is 3.10. The second-order valence-electron chi connectivity index (χ2n) is 4.60. The summed E-state index contributed by atoms with van der Waals surface area (Å²) in [5, 5.41) is 0. The van der Waals surface area contributed by atoms with E-state index in [1.54, 1.807) is 24.3 Å². The van der Waals surface area contributed by atoms with Gasteiger partial charge in [-0.2, -0.15) is 0 Å². The summed E-state index contributed by atoms with van der Waals surface area (Å²) in [5.74, 6) is -9.80. The molecule has 0 saturated carbocycles. The lowest BCUT2D eigenvalue weighted by Crippen LogP contribution is -2.03. The van der Waals surface area contributed by atoms with E-state index in [9.17, 15) is 22.0 Å². The van der Waals surface area contributed by atoms with Crippen LogP contribution in [0, 0.1) is 29.1 Å².